The van der Waals surface area contributed by atoms with Gasteiger partial charge in [-0.05, 0) is 19.4 Å². The SMILES string of the molecule is CC1(C(=O)O)CCN(c2ncc(C(F)(F)F)cc2Cl)C1. The van der Waals surface area contributed by atoms with Gasteiger partial charge in [-0.25, -0.2) is 4.98 Å². The summed E-state index contributed by atoms with van der Waals surface area (Å²) in [7, 11) is 0. The maximum atomic E-state index is 12.5. The number of hydrogen-bond donors (Lipinski definition) is 1. The molecule has 1 unspecified atom stereocenters. The highest BCUT2D eigenvalue weighted by molar-refractivity contribution is 6.33. The molecular weight excluding hydrogens is 297 g/mol. The first-order chi connectivity index (χ1) is 9.13. The third-order valence-corrected chi connectivity index (χ3v) is 3.72. The molecule has 1 aromatic heterocycles. The topological polar surface area (TPSA) is 53.4 Å². The van der Waals surface area contributed by atoms with Gasteiger partial charge in [0, 0.05) is 19.3 Å². The average Bonchev–Trinajstić information content (AvgIpc) is 2.72. The van der Waals surface area contributed by atoms with Crippen LogP contribution < -0.4 is 4.90 Å². The smallest absolute Gasteiger partial charge is 0.417 e. The van der Waals surface area contributed by atoms with Crippen LogP contribution in [0.15, 0.2) is 12.3 Å². The zero-order valence-electron chi connectivity index (χ0n) is 10.5. The van der Waals surface area contributed by atoms with Gasteiger partial charge in [0.05, 0.1) is 16.0 Å². The fraction of sp³-hybridized carbons (Fsp3) is 0.500. The molecule has 1 saturated heterocycles. The minimum atomic E-state index is -4.50. The van der Waals surface area contributed by atoms with Crippen LogP contribution in [0, 0.1) is 5.41 Å². The summed E-state index contributed by atoms with van der Waals surface area (Å²) in [6, 6.07) is 0.806. The molecule has 0 aromatic carbocycles. The Morgan fingerprint density at radius 1 is 1.55 bits per heavy atom. The normalized spacial score (nSPS) is 23.1. The van der Waals surface area contributed by atoms with Crippen LogP contribution in [0.2, 0.25) is 5.02 Å². The lowest BCUT2D eigenvalue weighted by Crippen LogP contribution is -2.32. The van der Waals surface area contributed by atoms with Crippen LogP contribution in [0.3, 0.4) is 0 Å². The van der Waals surface area contributed by atoms with Gasteiger partial charge in [-0.1, -0.05) is 11.6 Å². The molecule has 0 aliphatic carbocycles. The van der Waals surface area contributed by atoms with E-state index in [0.29, 0.717) is 19.2 Å². The van der Waals surface area contributed by atoms with Crippen molar-refractivity contribution in [1.29, 1.82) is 0 Å². The number of aromatic nitrogens is 1. The lowest BCUT2D eigenvalue weighted by Gasteiger charge is -2.22. The van der Waals surface area contributed by atoms with E-state index in [-0.39, 0.29) is 17.4 Å². The Labute approximate surface area is 118 Å². The van der Waals surface area contributed by atoms with Crippen LogP contribution in [-0.2, 0) is 11.0 Å². The van der Waals surface area contributed by atoms with E-state index in [4.69, 9.17) is 16.7 Å². The van der Waals surface area contributed by atoms with Gasteiger partial charge < -0.3 is 10.0 Å². The quantitative estimate of drug-likeness (QED) is 0.912. The van der Waals surface area contributed by atoms with Crippen molar-refractivity contribution in [3.63, 3.8) is 0 Å². The number of carboxylic acid groups (broad SMARTS) is 1. The summed E-state index contributed by atoms with van der Waals surface area (Å²) < 4.78 is 37.5. The number of alkyl halides is 3. The van der Waals surface area contributed by atoms with Gasteiger partial charge in [0.25, 0.3) is 0 Å². The van der Waals surface area contributed by atoms with E-state index < -0.39 is 23.1 Å². The van der Waals surface area contributed by atoms with Crippen LogP contribution in [0.1, 0.15) is 18.9 Å². The maximum absolute atomic E-state index is 12.5. The summed E-state index contributed by atoms with van der Waals surface area (Å²) in [5.41, 5.74) is -1.86. The second-order valence-corrected chi connectivity index (χ2v) is 5.47. The van der Waals surface area contributed by atoms with E-state index in [9.17, 15) is 18.0 Å². The van der Waals surface area contributed by atoms with E-state index in [1.165, 1.54) is 0 Å². The molecule has 1 aliphatic rings. The number of halogens is 4. The number of carboxylic acids is 1. The predicted octanol–water partition coefficient (Wildman–Crippen LogP) is 3.05. The van der Waals surface area contributed by atoms with Crippen molar-refractivity contribution in [1.82, 2.24) is 4.98 Å². The Balaban J connectivity index is 2.26. The number of aliphatic carboxylic acids is 1. The minimum absolute atomic E-state index is 0.130. The van der Waals surface area contributed by atoms with Crippen LogP contribution >= 0.6 is 11.6 Å². The highest BCUT2D eigenvalue weighted by atomic mass is 35.5. The Kier molecular flexibility index (Phi) is 3.58. The molecule has 0 spiro atoms. The maximum Gasteiger partial charge on any atom is 0.417 e. The van der Waals surface area contributed by atoms with Gasteiger partial charge >= 0.3 is 12.1 Å². The van der Waals surface area contributed by atoms with Crippen LogP contribution in [0.4, 0.5) is 19.0 Å². The van der Waals surface area contributed by atoms with Gasteiger partial charge in [-0.2, -0.15) is 13.2 Å². The Bertz CT molecular complexity index is 550. The van der Waals surface area contributed by atoms with Crippen LogP contribution in [-0.4, -0.2) is 29.1 Å². The lowest BCUT2D eigenvalue weighted by molar-refractivity contribution is -0.146. The molecule has 0 amide bonds. The van der Waals surface area contributed by atoms with E-state index in [1.54, 1.807) is 11.8 Å². The number of carbonyl (C=O) groups is 1. The molecule has 1 aromatic rings. The number of rotatable bonds is 2. The number of hydrogen-bond acceptors (Lipinski definition) is 3. The molecule has 2 heterocycles. The minimum Gasteiger partial charge on any atom is -0.481 e. The van der Waals surface area contributed by atoms with Crippen LogP contribution in [0.25, 0.3) is 0 Å². The molecule has 1 fully saturated rings. The fourth-order valence-electron chi connectivity index (χ4n) is 2.13. The third kappa shape index (κ3) is 2.67. The molecule has 1 atom stereocenters. The van der Waals surface area contributed by atoms with Gasteiger partial charge in [0.15, 0.2) is 0 Å². The molecule has 2 rings (SSSR count). The Morgan fingerprint density at radius 2 is 2.20 bits per heavy atom. The van der Waals surface area contributed by atoms with E-state index in [0.717, 1.165) is 6.07 Å². The third-order valence-electron chi connectivity index (χ3n) is 3.44. The molecule has 0 radical (unpaired) electrons. The summed E-state index contributed by atoms with van der Waals surface area (Å²) >= 11 is 5.84. The largest absolute Gasteiger partial charge is 0.481 e. The molecule has 110 valence electrons. The van der Waals surface area contributed by atoms with E-state index in [1.807, 2.05) is 0 Å². The van der Waals surface area contributed by atoms with Crippen molar-refractivity contribution >= 4 is 23.4 Å². The molecule has 0 bridgehead atoms. The Hall–Kier alpha value is -1.50. The highest BCUT2D eigenvalue weighted by Gasteiger charge is 2.41. The average molecular weight is 309 g/mol. The fourth-order valence-corrected chi connectivity index (χ4v) is 2.42. The highest BCUT2D eigenvalue weighted by Crippen LogP contribution is 2.37. The van der Waals surface area contributed by atoms with E-state index in [2.05, 4.69) is 4.98 Å². The molecule has 4 nitrogen and oxygen atoms in total. The zero-order chi connectivity index (χ0) is 15.1. The summed E-state index contributed by atoms with van der Waals surface area (Å²) in [6.07, 6.45) is -3.41. The molecule has 1 aliphatic heterocycles. The number of pyridine rings is 1. The van der Waals surface area contributed by atoms with Crippen molar-refractivity contribution in [3.05, 3.63) is 22.8 Å². The first-order valence-corrected chi connectivity index (χ1v) is 6.22. The zero-order valence-corrected chi connectivity index (χ0v) is 11.3. The van der Waals surface area contributed by atoms with Gasteiger partial charge in [0.1, 0.15) is 5.82 Å². The van der Waals surface area contributed by atoms with Gasteiger partial charge in [0.2, 0.25) is 0 Å². The number of anilines is 1. The van der Waals surface area contributed by atoms with Crippen molar-refractivity contribution in [2.24, 2.45) is 5.41 Å². The van der Waals surface area contributed by atoms with Gasteiger partial charge in [-0.3, -0.25) is 4.79 Å². The van der Waals surface area contributed by atoms with Crippen molar-refractivity contribution in [2.45, 2.75) is 19.5 Å². The molecule has 0 saturated carbocycles. The summed E-state index contributed by atoms with van der Waals surface area (Å²) in [5.74, 6) is -0.757. The summed E-state index contributed by atoms with van der Waals surface area (Å²) in [4.78, 5) is 16.5. The first-order valence-electron chi connectivity index (χ1n) is 5.84. The molecule has 1 N–H and O–H groups in total. The van der Waals surface area contributed by atoms with Crippen molar-refractivity contribution in [2.75, 3.05) is 18.0 Å². The van der Waals surface area contributed by atoms with E-state index >= 15 is 0 Å². The lowest BCUT2D eigenvalue weighted by atomic mass is 9.90. The predicted molar refractivity (Wildman–Crippen MR) is 66.8 cm³/mol. The second-order valence-electron chi connectivity index (χ2n) is 5.06. The second kappa shape index (κ2) is 4.80. The van der Waals surface area contributed by atoms with Gasteiger partial charge in [-0.15, -0.1) is 0 Å². The number of nitrogens with zero attached hydrogens (tertiary/aromatic N) is 2. The summed E-state index contributed by atoms with van der Waals surface area (Å²) in [5, 5.41) is 9.00. The monoisotopic (exact) mass is 308 g/mol. The summed E-state index contributed by atoms with van der Waals surface area (Å²) in [6.45, 7) is 2.15. The van der Waals surface area contributed by atoms with Crippen LogP contribution in [0.5, 0.6) is 0 Å². The van der Waals surface area contributed by atoms with Crippen molar-refractivity contribution < 1.29 is 23.1 Å². The Morgan fingerprint density at radius 3 is 2.65 bits per heavy atom. The molecular formula is C12H12ClF3N2O2. The molecule has 20 heavy (non-hydrogen) atoms. The molecule has 8 heteroatoms. The standard InChI is InChI=1S/C12H12ClF3N2O2/c1-11(10(19)20)2-3-18(6-11)9-8(13)4-7(5-17-9)12(14,15)16/h4-5H,2-3,6H2,1H3,(H,19,20). The van der Waals surface area contributed by atoms with Crippen molar-refractivity contribution in [3.8, 4) is 0 Å². The first kappa shape index (κ1) is 14.9.